The van der Waals surface area contributed by atoms with E-state index in [1.807, 2.05) is 0 Å². The first-order chi connectivity index (χ1) is 12.8. The zero-order valence-electron chi connectivity index (χ0n) is 15.6. The minimum atomic E-state index is -3.65. The quantitative estimate of drug-likeness (QED) is 0.845. The lowest BCUT2D eigenvalue weighted by molar-refractivity contribution is -0.143. The third-order valence-corrected chi connectivity index (χ3v) is 7.34. The summed E-state index contributed by atoms with van der Waals surface area (Å²) in [5, 5.41) is 9.43. The molecule has 148 valence electrons. The molecule has 2 fully saturated rings. The van der Waals surface area contributed by atoms with Crippen LogP contribution in [0.5, 0.6) is 0 Å². The molecule has 0 aromatic heterocycles. The summed E-state index contributed by atoms with van der Waals surface area (Å²) in [5.74, 6) is -1.42. The van der Waals surface area contributed by atoms with Gasteiger partial charge in [-0.15, -0.1) is 0 Å². The van der Waals surface area contributed by atoms with Crippen molar-refractivity contribution in [3.63, 3.8) is 0 Å². The molecule has 1 aromatic carbocycles. The maximum atomic E-state index is 13.0. The lowest BCUT2D eigenvalue weighted by Crippen LogP contribution is -2.48. The molecular formula is C19H26N2O5S. The number of hydrogen-bond acceptors (Lipinski definition) is 4. The molecule has 2 saturated heterocycles. The summed E-state index contributed by atoms with van der Waals surface area (Å²) in [6, 6.07) is 3.72. The molecule has 1 atom stereocenters. The van der Waals surface area contributed by atoms with Crippen LogP contribution in [0.25, 0.3) is 0 Å². The van der Waals surface area contributed by atoms with E-state index in [0.717, 1.165) is 32.1 Å². The van der Waals surface area contributed by atoms with E-state index in [9.17, 15) is 23.1 Å². The Balaban J connectivity index is 1.93. The molecule has 0 unspecified atom stereocenters. The second-order valence-corrected chi connectivity index (χ2v) is 9.23. The van der Waals surface area contributed by atoms with Crippen molar-refractivity contribution in [3.05, 3.63) is 29.3 Å². The van der Waals surface area contributed by atoms with E-state index in [-0.39, 0.29) is 10.5 Å². The van der Waals surface area contributed by atoms with Crippen LogP contribution in [-0.2, 0) is 14.8 Å². The molecule has 0 spiro atoms. The van der Waals surface area contributed by atoms with Crippen LogP contribution in [0.15, 0.2) is 23.1 Å². The maximum Gasteiger partial charge on any atom is 0.326 e. The number of aryl methyl sites for hydroxylation is 1. The maximum absolute atomic E-state index is 13.0. The largest absolute Gasteiger partial charge is 0.480 e. The summed E-state index contributed by atoms with van der Waals surface area (Å²) < 4.78 is 27.3. The molecule has 0 aliphatic carbocycles. The smallest absolute Gasteiger partial charge is 0.326 e. The van der Waals surface area contributed by atoms with E-state index in [1.165, 1.54) is 21.3 Å². The summed E-state index contributed by atoms with van der Waals surface area (Å²) >= 11 is 0. The Labute approximate surface area is 160 Å². The van der Waals surface area contributed by atoms with Crippen LogP contribution in [0.1, 0.15) is 54.4 Å². The highest BCUT2D eigenvalue weighted by Crippen LogP contribution is 2.26. The van der Waals surface area contributed by atoms with Gasteiger partial charge in [-0.2, -0.15) is 4.31 Å². The Morgan fingerprint density at radius 1 is 1.04 bits per heavy atom. The number of carbonyl (C=O) groups excluding carboxylic acids is 1. The topological polar surface area (TPSA) is 95.0 Å². The second-order valence-electron chi connectivity index (χ2n) is 7.29. The lowest BCUT2D eigenvalue weighted by atomic mass is 9.99. The van der Waals surface area contributed by atoms with Crippen LogP contribution in [0.2, 0.25) is 0 Å². The SMILES string of the molecule is Cc1ccc(S(=O)(=O)N2CCCCC2)cc1C(=O)N1CCCC[C@@H]1C(=O)O. The van der Waals surface area contributed by atoms with Crippen molar-refractivity contribution in [1.82, 2.24) is 9.21 Å². The first kappa shape index (κ1) is 19.8. The number of likely N-dealkylation sites (tertiary alicyclic amines) is 1. The Kier molecular flexibility index (Phi) is 5.86. The first-order valence-electron chi connectivity index (χ1n) is 9.47. The number of rotatable bonds is 4. The van der Waals surface area contributed by atoms with Gasteiger partial charge in [0.25, 0.3) is 5.91 Å². The van der Waals surface area contributed by atoms with Crippen molar-refractivity contribution in [2.45, 2.75) is 56.4 Å². The van der Waals surface area contributed by atoms with Gasteiger partial charge >= 0.3 is 5.97 Å². The zero-order chi connectivity index (χ0) is 19.6. The minimum absolute atomic E-state index is 0.0993. The van der Waals surface area contributed by atoms with Gasteiger partial charge in [0.15, 0.2) is 0 Å². The molecule has 1 aromatic rings. The third-order valence-electron chi connectivity index (χ3n) is 5.44. The third kappa shape index (κ3) is 4.01. The van der Waals surface area contributed by atoms with Crippen molar-refractivity contribution in [2.75, 3.05) is 19.6 Å². The fourth-order valence-electron chi connectivity index (χ4n) is 3.83. The molecule has 2 heterocycles. The molecule has 0 bridgehead atoms. The van der Waals surface area contributed by atoms with Crippen molar-refractivity contribution < 1.29 is 23.1 Å². The Hall–Kier alpha value is -1.93. The molecule has 7 nitrogen and oxygen atoms in total. The summed E-state index contributed by atoms with van der Waals surface area (Å²) in [6.45, 7) is 3.10. The summed E-state index contributed by atoms with van der Waals surface area (Å²) in [4.78, 5) is 26.0. The highest BCUT2D eigenvalue weighted by atomic mass is 32.2. The van der Waals surface area contributed by atoms with E-state index in [4.69, 9.17) is 0 Å². The van der Waals surface area contributed by atoms with Gasteiger partial charge in [-0.25, -0.2) is 13.2 Å². The van der Waals surface area contributed by atoms with Crippen LogP contribution in [-0.4, -0.2) is 60.3 Å². The van der Waals surface area contributed by atoms with E-state index in [0.29, 0.717) is 31.6 Å². The second kappa shape index (κ2) is 7.98. The van der Waals surface area contributed by atoms with Gasteiger partial charge in [0.2, 0.25) is 10.0 Å². The number of amides is 1. The molecular weight excluding hydrogens is 368 g/mol. The average molecular weight is 394 g/mol. The number of hydrogen-bond donors (Lipinski definition) is 1. The van der Waals surface area contributed by atoms with Gasteiger partial charge in [-0.1, -0.05) is 12.5 Å². The number of carboxylic acid groups (broad SMARTS) is 1. The van der Waals surface area contributed by atoms with Gasteiger partial charge in [0.05, 0.1) is 4.90 Å². The predicted octanol–water partition coefficient (Wildman–Crippen LogP) is 2.25. The number of nitrogens with zero attached hydrogens (tertiary/aromatic N) is 2. The highest BCUT2D eigenvalue weighted by Gasteiger charge is 2.34. The summed E-state index contributed by atoms with van der Waals surface area (Å²) in [7, 11) is -3.65. The molecule has 27 heavy (non-hydrogen) atoms. The number of carbonyl (C=O) groups is 2. The first-order valence-corrected chi connectivity index (χ1v) is 10.9. The molecule has 2 aliphatic rings. The van der Waals surface area contributed by atoms with Crippen LogP contribution < -0.4 is 0 Å². The molecule has 3 rings (SSSR count). The number of carboxylic acids is 1. The van der Waals surface area contributed by atoms with Crippen LogP contribution in [0.3, 0.4) is 0 Å². The van der Waals surface area contributed by atoms with E-state index in [1.54, 1.807) is 13.0 Å². The number of benzene rings is 1. The number of aliphatic carboxylic acids is 1. The summed E-state index contributed by atoms with van der Waals surface area (Å²) in [5.41, 5.74) is 0.911. The van der Waals surface area contributed by atoms with Crippen LogP contribution in [0.4, 0.5) is 0 Å². The average Bonchev–Trinajstić information content (AvgIpc) is 2.68. The summed E-state index contributed by atoms with van der Waals surface area (Å²) in [6.07, 6.45) is 4.64. The van der Waals surface area contributed by atoms with E-state index >= 15 is 0 Å². The monoisotopic (exact) mass is 394 g/mol. The van der Waals surface area contributed by atoms with Gasteiger partial charge < -0.3 is 10.0 Å². The predicted molar refractivity (Wildman–Crippen MR) is 100 cm³/mol. The Morgan fingerprint density at radius 2 is 1.70 bits per heavy atom. The van der Waals surface area contributed by atoms with Crippen molar-refractivity contribution in [3.8, 4) is 0 Å². The van der Waals surface area contributed by atoms with Crippen LogP contribution in [0, 0.1) is 6.92 Å². The Morgan fingerprint density at radius 3 is 2.37 bits per heavy atom. The van der Waals surface area contributed by atoms with Crippen LogP contribution >= 0.6 is 0 Å². The van der Waals surface area contributed by atoms with Gasteiger partial charge in [-0.05, 0) is 56.7 Å². The molecule has 0 radical (unpaired) electrons. The van der Waals surface area contributed by atoms with Crippen molar-refractivity contribution >= 4 is 21.9 Å². The number of piperidine rings is 2. The van der Waals surface area contributed by atoms with E-state index in [2.05, 4.69) is 0 Å². The van der Waals surface area contributed by atoms with Gasteiger partial charge in [-0.3, -0.25) is 4.79 Å². The normalized spacial score (nSPS) is 21.8. The lowest BCUT2D eigenvalue weighted by Gasteiger charge is -2.33. The molecule has 8 heteroatoms. The van der Waals surface area contributed by atoms with Gasteiger partial charge in [0, 0.05) is 25.2 Å². The molecule has 2 aliphatic heterocycles. The molecule has 1 amide bonds. The molecule has 0 saturated carbocycles. The highest BCUT2D eigenvalue weighted by molar-refractivity contribution is 7.89. The standard InChI is InChI=1S/C19H26N2O5S/c1-14-8-9-15(27(25,26)20-10-4-2-5-11-20)13-16(14)18(22)21-12-6-3-7-17(21)19(23)24/h8-9,13,17H,2-7,10-12H2,1H3,(H,23,24)/t17-/m1/s1. The fourth-order valence-corrected chi connectivity index (χ4v) is 5.38. The number of sulfonamides is 1. The van der Waals surface area contributed by atoms with Crippen molar-refractivity contribution in [2.24, 2.45) is 0 Å². The minimum Gasteiger partial charge on any atom is -0.480 e. The Bertz CT molecular complexity index is 831. The van der Waals surface area contributed by atoms with Gasteiger partial charge in [0.1, 0.15) is 6.04 Å². The van der Waals surface area contributed by atoms with E-state index < -0.39 is 27.9 Å². The zero-order valence-corrected chi connectivity index (χ0v) is 16.4. The molecule has 1 N–H and O–H groups in total. The van der Waals surface area contributed by atoms with Crippen molar-refractivity contribution in [1.29, 1.82) is 0 Å². The fraction of sp³-hybridized carbons (Fsp3) is 0.579.